The van der Waals surface area contributed by atoms with Crippen molar-refractivity contribution < 1.29 is 4.42 Å². The fourth-order valence-corrected chi connectivity index (χ4v) is 7.70. The van der Waals surface area contributed by atoms with Gasteiger partial charge in [-0.15, -0.1) is 0 Å². The second-order valence-corrected chi connectivity index (χ2v) is 13.0. The number of rotatable bonds is 6. The summed E-state index contributed by atoms with van der Waals surface area (Å²) in [6, 6.07) is 66.6. The summed E-state index contributed by atoms with van der Waals surface area (Å²) < 4.78 is 6.69. The van der Waals surface area contributed by atoms with E-state index < -0.39 is 0 Å². The lowest BCUT2D eigenvalue weighted by Gasteiger charge is -2.25. The van der Waals surface area contributed by atoms with Crippen LogP contribution in [0.5, 0.6) is 0 Å². The minimum atomic E-state index is 0.878. The van der Waals surface area contributed by atoms with Gasteiger partial charge in [0.15, 0.2) is 0 Å². The predicted molar refractivity (Wildman–Crippen MR) is 214 cm³/mol. The molecular formula is C48H32N2O. The molecule has 0 spiro atoms. The SMILES string of the molecule is c1ccc(N(c2ccccc2)c2ccc(-c3cc4oc5cccc(-c6ccc(-c7cccc8ccccc78)[nH]6)c5c4c4ccccc34)cc2)cc1. The van der Waals surface area contributed by atoms with E-state index in [2.05, 4.69) is 198 Å². The van der Waals surface area contributed by atoms with Crippen molar-refractivity contribution in [1.82, 2.24) is 4.98 Å². The molecule has 2 heterocycles. The third kappa shape index (κ3) is 4.90. The molecule has 0 unspecified atom stereocenters. The van der Waals surface area contributed by atoms with Crippen LogP contribution >= 0.6 is 0 Å². The van der Waals surface area contributed by atoms with E-state index in [-0.39, 0.29) is 0 Å². The summed E-state index contributed by atoms with van der Waals surface area (Å²) in [6.07, 6.45) is 0. The lowest BCUT2D eigenvalue weighted by molar-refractivity contribution is 0.669. The van der Waals surface area contributed by atoms with Crippen LogP contribution in [0.15, 0.2) is 192 Å². The highest BCUT2D eigenvalue weighted by Crippen LogP contribution is 2.44. The average Bonchev–Trinajstić information content (AvgIpc) is 3.84. The Kier molecular flexibility index (Phi) is 6.81. The van der Waals surface area contributed by atoms with Crippen LogP contribution in [0, 0.1) is 0 Å². The first-order chi connectivity index (χ1) is 25.3. The Morgan fingerprint density at radius 3 is 1.69 bits per heavy atom. The van der Waals surface area contributed by atoms with Gasteiger partial charge in [-0.3, -0.25) is 0 Å². The van der Waals surface area contributed by atoms with E-state index in [1.807, 2.05) is 0 Å². The molecule has 3 nitrogen and oxygen atoms in total. The molecule has 0 saturated heterocycles. The molecule has 0 aliphatic heterocycles. The molecule has 0 aliphatic rings. The third-order valence-electron chi connectivity index (χ3n) is 10.0. The van der Waals surface area contributed by atoms with Gasteiger partial charge in [-0.2, -0.15) is 0 Å². The van der Waals surface area contributed by atoms with Crippen molar-refractivity contribution in [3.8, 4) is 33.6 Å². The number of hydrogen-bond donors (Lipinski definition) is 1. The Hall–Kier alpha value is -6.84. The topological polar surface area (TPSA) is 32.2 Å². The highest BCUT2D eigenvalue weighted by atomic mass is 16.3. The Balaban J connectivity index is 1.10. The number of benzene rings is 8. The zero-order valence-electron chi connectivity index (χ0n) is 27.8. The van der Waals surface area contributed by atoms with Gasteiger partial charge in [0, 0.05) is 50.3 Å². The first-order valence-electron chi connectivity index (χ1n) is 17.4. The zero-order valence-corrected chi connectivity index (χ0v) is 27.8. The van der Waals surface area contributed by atoms with Gasteiger partial charge in [-0.05, 0) is 93.3 Å². The quantitative estimate of drug-likeness (QED) is 0.194. The van der Waals surface area contributed by atoms with E-state index in [1.54, 1.807) is 0 Å². The largest absolute Gasteiger partial charge is 0.456 e. The van der Waals surface area contributed by atoms with E-state index in [1.165, 1.54) is 27.1 Å². The smallest absolute Gasteiger partial charge is 0.136 e. The maximum absolute atomic E-state index is 6.69. The molecule has 0 radical (unpaired) electrons. The van der Waals surface area contributed by atoms with Crippen LogP contribution in [0.25, 0.3) is 77.1 Å². The molecule has 0 fully saturated rings. The molecule has 0 amide bonds. The number of para-hydroxylation sites is 2. The number of H-pyrrole nitrogens is 1. The Morgan fingerprint density at radius 1 is 0.373 bits per heavy atom. The van der Waals surface area contributed by atoms with E-state index in [9.17, 15) is 0 Å². The van der Waals surface area contributed by atoms with Crippen LogP contribution in [-0.2, 0) is 0 Å². The monoisotopic (exact) mass is 652 g/mol. The second kappa shape index (κ2) is 11.9. The Labute approximate surface area is 295 Å². The normalized spacial score (nSPS) is 11.5. The van der Waals surface area contributed by atoms with Crippen molar-refractivity contribution in [3.05, 3.63) is 188 Å². The summed E-state index contributed by atoms with van der Waals surface area (Å²) in [5.41, 5.74) is 11.9. The van der Waals surface area contributed by atoms with Crippen LogP contribution in [0.1, 0.15) is 0 Å². The molecule has 3 heteroatoms. The summed E-state index contributed by atoms with van der Waals surface area (Å²) in [5.74, 6) is 0. The summed E-state index contributed by atoms with van der Waals surface area (Å²) in [4.78, 5) is 6.05. The molecule has 0 atom stereocenters. The van der Waals surface area contributed by atoms with Gasteiger partial charge in [0.05, 0.1) is 0 Å². The van der Waals surface area contributed by atoms with Gasteiger partial charge in [0.1, 0.15) is 11.2 Å². The van der Waals surface area contributed by atoms with Crippen LogP contribution in [0.2, 0.25) is 0 Å². The highest BCUT2D eigenvalue weighted by molar-refractivity contribution is 6.25. The molecule has 8 aromatic carbocycles. The van der Waals surface area contributed by atoms with E-state index in [0.717, 1.165) is 67.1 Å². The standard InChI is InChI=1S/C48H32N2O/c1-3-15-34(16-4-1)50(35-17-5-2-6-18-35)36-27-25-33(26-28-36)42-31-46-47(40-21-10-9-20-38(40)42)48-41(23-12-24-45(48)51-46)44-30-29-43(49-44)39-22-11-14-32-13-7-8-19-37(32)39/h1-31,49H. The van der Waals surface area contributed by atoms with Gasteiger partial charge in [-0.25, -0.2) is 0 Å². The summed E-state index contributed by atoms with van der Waals surface area (Å²) in [5, 5.41) is 7.10. The van der Waals surface area contributed by atoms with Gasteiger partial charge < -0.3 is 14.3 Å². The number of nitrogens with one attached hydrogen (secondary N) is 1. The molecule has 51 heavy (non-hydrogen) atoms. The second-order valence-electron chi connectivity index (χ2n) is 13.0. The fourth-order valence-electron chi connectivity index (χ4n) is 7.70. The summed E-state index contributed by atoms with van der Waals surface area (Å²) in [6.45, 7) is 0. The summed E-state index contributed by atoms with van der Waals surface area (Å²) >= 11 is 0. The van der Waals surface area contributed by atoms with Crippen molar-refractivity contribution in [2.75, 3.05) is 4.90 Å². The Bertz CT molecular complexity index is 2800. The molecule has 2 aromatic heterocycles. The number of aromatic amines is 1. The molecule has 1 N–H and O–H groups in total. The fraction of sp³-hybridized carbons (Fsp3) is 0. The van der Waals surface area contributed by atoms with Crippen LogP contribution in [-0.4, -0.2) is 4.98 Å². The van der Waals surface area contributed by atoms with Crippen LogP contribution < -0.4 is 4.90 Å². The van der Waals surface area contributed by atoms with E-state index in [0.29, 0.717) is 0 Å². The van der Waals surface area contributed by atoms with Gasteiger partial charge in [-0.1, -0.05) is 127 Å². The van der Waals surface area contributed by atoms with Crippen LogP contribution in [0.3, 0.4) is 0 Å². The first-order valence-corrected chi connectivity index (χ1v) is 17.4. The highest BCUT2D eigenvalue weighted by Gasteiger charge is 2.19. The molecule has 0 saturated carbocycles. The maximum Gasteiger partial charge on any atom is 0.136 e. The molecular weight excluding hydrogens is 621 g/mol. The Morgan fingerprint density at radius 2 is 0.941 bits per heavy atom. The molecule has 10 rings (SSSR count). The molecule has 0 aliphatic carbocycles. The maximum atomic E-state index is 6.69. The van der Waals surface area contributed by atoms with E-state index in [4.69, 9.17) is 4.42 Å². The van der Waals surface area contributed by atoms with Crippen molar-refractivity contribution in [2.45, 2.75) is 0 Å². The summed E-state index contributed by atoms with van der Waals surface area (Å²) in [7, 11) is 0. The van der Waals surface area contributed by atoms with Crippen molar-refractivity contribution >= 4 is 60.5 Å². The predicted octanol–water partition coefficient (Wildman–Crippen LogP) is 13.7. The number of furan rings is 1. The number of fused-ring (bicyclic) bond motifs is 6. The van der Waals surface area contributed by atoms with Gasteiger partial charge in [0.2, 0.25) is 0 Å². The minimum absolute atomic E-state index is 0.878. The lowest BCUT2D eigenvalue weighted by atomic mass is 9.93. The van der Waals surface area contributed by atoms with Gasteiger partial charge in [0.25, 0.3) is 0 Å². The van der Waals surface area contributed by atoms with Crippen LogP contribution in [0.4, 0.5) is 17.1 Å². The first kappa shape index (κ1) is 29.1. The average molecular weight is 653 g/mol. The molecule has 10 aromatic rings. The number of anilines is 3. The van der Waals surface area contributed by atoms with Crippen molar-refractivity contribution in [3.63, 3.8) is 0 Å². The van der Waals surface area contributed by atoms with E-state index >= 15 is 0 Å². The number of hydrogen-bond acceptors (Lipinski definition) is 2. The van der Waals surface area contributed by atoms with Crippen molar-refractivity contribution in [2.24, 2.45) is 0 Å². The molecule has 240 valence electrons. The van der Waals surface area contributed by atoms with Gasteiger partial charge >= 0.3 is 0 Å². The zero-order chi connectivity index (χ0) is 33.7. The number of aromatic nitrogens is 1. The minimum Gasteiger partial charge on any atom is -0.456 e. The third-order valence-corrected chi connectivity index (χ3v) is 10.0. The van der Waals surface area contributed by atoms with Crippen molar-refractivity contribution in [1.29, 1.82) is 0 Å². The lowest BCUT2D eigenvalue weighted by Crippen LogP contribution is -2.09. The molecule has 0 bridgehead atoms. The number of nitrogens with zero attached hydrogens (tertiary/aromatic N) is 1.